The summed E-state index contributed by atoms with van der Waals surface area (Å²) >= 11 is 1.15. The predicted octanol–water partition coefficient (Wildman–Crippen LogP) is -0.846. The Balaban J connectivity index is 1.10. The number of nitrogen functional groups attached to an aromatic ring is 2. The number of carbonyl (C=O) groups excluding carboxylic acids is 1. The summed E-state index contributed by atoms with van der Waals surface area (Å²) in [6.07, 6.45) is -4.19. The number of nitrogens with two attached hydrogens (primary N) is 3. The number of thiazole rings is 1. The highest BCUT2D eigenvalue weighted by molar-refractivity contribution is 7.47. The first-order valence-electron chi connectivity index (χ1n) is 16.8. The molecule has 308 valence electrons. The first-order chi connectivity index (χ1) is 27.4. The van der Waals surface area contributed by atoms with Gasteiger partial charge in [-0.3, -0.25) is 27.5 Å². The lowest BCUT2D eigenvalue weighted by atomic mass is 10.0. The maximum absolute atomic E-state index is 13.6. The lowest BCUT2D eigenvalue weighted by molar-refractivity contribution is -0.175. The number of phosphoric acid groups is 2. The number of hydrogen-bond acceptors (Lipinski definition) is 21. The van der Waals surface area contributed by atoms with Crippen LogP contribution in [-0.4, -0.2) is 110 Å². The van der Waals surface area contributed by atoms with Crippen molar-refractivity contribution >= 4 is 66.0 Å². The highest BCUT2D eigenvalue weighted by Crippen LogP contribution is 2.50. The maximum Gasteiger partial charge on any atom is 0.472 e. The second-order valence-electron chi connectivity index (χ2n) is 13.0. The van der Waals surface area contributed by atoms with E-state index in [4.69, 9.17) is 40.5 Å². The highest BCUT2D eigenvalue weighted by Gasteiger charge is 2.55. The van der Waals surface area contributed by atoms with Crippen molar-refractivity contribution in [2.75, 3.05) is 31.3 Å². The third-order valence-electron chi connectivity index (χ3n) is 9.05. The van der Waals surface area contributed by atoms with E-state index >= 15 is 0 Å². The number of phosphoric ester groups is 2. The number of nitriles is 1. The number of benzene rings is 1. The standard InChI is InChI=1S/C30H33N11O14P2S/c31-8-22-38-16-2-1-14(6-20(16)58-22)5-15(32)28(42)54-25-19(50-11-30(25,44)41-13-37-24-26(34)35-12-36-27(24)41)10-52-57(48,49)55-17-7-23(40-4-3-21(33)39-29(40)43)53-18(17)9-51-56(45,46)47/h1-4,6,12-13,15,17-19,23,25,44H,5,7,9-11,32H2,(H,48,49)(H2,33,39,43)(H2,34,35,36)(H2,45,46,47)/t15-,17-,18+,19+,23+,25+,30?/m0/s1. The number of carbonyl (C=O) groups is 1. The van der Waals surface area contributed by atoms with Gasteiger partial charge in [0.25, 0.3) is 0 Å². The zero-order valence-electron chi connectivity index (χ0n) is 29.5. The van der Waals surface area contributed by atoms with Crippen molar-refractivity contribution in [3.8, 4) is 6.07 Å². The Kier molecular flexibility index (Phi) is 11.5. The molecular weight excluding hydrogens is 832 g/mol. The van der Waals surface area contributed by atoms with Crippen molar-refractivity contribution in [1.29, 1.82) is 5.26 Å². The van der Waals surface area contributed by atoms with E-state index in [0.717, 1.165) is 33.1 Å². The summed E-state index contributed by atoms with van der Waals surface area (Å²) in [6.45, 7) is -2.31. The van der Waals surface area contributed by atoms with Crippen LogP contribution >= 0.6 is 27.0 Å². The minimum Gasteiger partial charge on any atom is -0.453 e. The molecule has 0 aliphatic carbocycles. The van der Waals surface area contributed by atoms with Crippen LogP contribution in [0.15, 0.2) is 47.9 Å². The van der Waals surface area contributed by atoms with E-state index < -0.39 is 89.5 Å². The van der Waals surface area contributed by atoms with E-state index in [1.54, 1.807) is 18.2 Å². The van der Waals surface area contributed by atoms with Gasteiger partial charge in [-0.1, -0.05) is 6.07 Å². The van der Waals surface area contributed by atoms with Crippen LogP contribution in [0.2, 0.25) is 0 Å². The molecule has 6 heterocycles. The number of aromatic nitrogens is 7. The molecule has 28 heteroatoms. The summed E-state index contributed by atoms with van der Waals surface area (Å²) in [5, 5.41) is 21.6. The summed E-state index contributed by atoms with van der Waals surface area (Å²) < 4.78 is 60.1. The molecule has 10 N–H and O–H groups in total. The molecule has 0 radical (unpaired) electrons. The second-order valence-corrected chi connectivity index (χ2v) is 16.7. The number of esters is 1. The minimum atomic E-state index is -5.19. The van der Waals surface area contributed by atoms with E-state index in [1.165, 1.54) is 12.3 Å². The first-order valence-corrected chi connectivity index (χ1v) is 20.7. The summed E-state index contributed by atoms with van der Waals surface area (Å²) in [5.74, 6) is -1.14. The topological polar surface area (TPSA) is 381 Å². The molecule has 0 saturated carbocycles. The van der Waals surface area contributed by atoms with Gasteiger partial charge in [-0.25, -0.2) is 33.9 Å². The Morgan fingerprint density at radius 2 is 1.90 bits per heavy atom. The van der Waals surface area contributed by atoms with Gasteiger partial charge in [0.05, 0.1) is 36.4 Å². The van der Waals surface area contributed by atoms with Crippen LogP contribution in [0.25, 0.3) is 21.4 Å². The molecule has 0 bridgehead atoms. The van der Waals surface area contributed by atoms with Gasteiger partial charge in [0, 0.05) is 12.6 Å². The van der Waals surface area contributed by atoms with Gasteiger partial charge in [-0.2, -0.15) is 10.2 Å². The number of imidazole rings is 1. The number of ether oxygens (including phenoxy) is 3. The van der Waals surface area contributed by atoms with E-state index in [1.807, 2.05) is 6.07 Å². The highest BCUT2D eigenvalue weighted by atomic mass is 32.1. The summed E-state index contributed by atoms with van der Waals surface area (Å²) in [6, 6.07) is 7.01. The quantitative estimate of drug-likeness (QED) is 0.0528. The number of anilines is 2. The predicted molar refractivity (Wildman–Crippen MR) is 196 cm³/mol. The lowest BCUT2D eigenvalue weighted by Crippen LogP contribution is -2.51. The van der Waals surface area contributed by atoms with Gasteiger partial charge in [0.15, 0.2) is 22.6 Å². The number of hydrogen-bond donors (Lipinski definition) is 7. The van der Waals surface area contributed by atoms with E-state index in [-0.39, 0.29) is 40.6 Å². The van der Waals surface area contributed by atoms with Gasteiger partial charge < -0.3 is 51.2 Å². The Morgan fingerprint density at radius 1 is 1.12 bits per heavy atom. The second kappa shape index (κ2) is 16.1. The van der Waals surface area contributed by atoms with Crippen molar-refractivity contribution in [1.82, 2.24) is 34.1 Å². The van der Waals surface area contributed by atoms with Crippen LogP contribution < -0.4 is 22.9 Å². The molecule has 2 fully saturated rings. The van der Waals surface area contributed by atoms with E-state index in [9.17, 15) is 43.8 Å². The summed E-state index contributed by atoms with van der Waals surface area (Å²) in [7, 11) is -10.2. The molecule has 2 aliphatic rings. The molecule has 2 saturated heterocycles. The van der Waals surface area contributed by atoms with Crippen LogP contribution in [-0.2, 0) is 53.9 Å². The van der Waals surface area contributed by atoms with Gasteiger partial charge >= 0.3 is 27.3 Å². The Bertz CT molecular complexity index is 2560. The van der Waals surface area contributed by atoms with Crippen molar-refractivity contribution in [2.24, 2.45) is 5.73 Å². The SMILES string of the molecule is N#Cc1nc2ccc(C[C@H](N)C(=O)O[C@@H]3[C@@H](COP(=O)(O)O[C@H]4C[C@H](n5ccc(N)nc5=O)O[C@@H]4COP(=O)(O)O)OCC3(O)n3cnc4c(N)ncnc43)cc2s1. The molecule has 2 aliphatic heterocycles. The Hall–Kier alpha value is -4.84. The monoisotopic (exact) mass is 865 g/mol. The van der Waals surface area contributed by atoms with Crippen molar-refractivity contribution in [3.63, 3.8) is 0 Å². The van der Waals surface area contributed by atoms with E-state index in [2.05, 4.69) is 29.4 Å². The number of rotatable bonds is 14. The normalized spacial score (nSPS) is 25.1. The van der Waals surface area contributed by atoms with Crippen molar-refractivity contribution < 1.29 is 61.5 Å². The third kappa shape index (κ3) is 8.77. The molecule has 1 aromatic carbocycles. The maximum atomic E-state index is 13.6. The lowest BCUT2D eigenvalue weighted by Gasteiger charge is -2.32. The molecule has 7 rings (SSSR count). The molecule has 58 heavy (non-hydrogen) atoms. The van der Waals surface area contributed by atoms with Crippen LogP contribution in [0.5, 0.6) is 0 Å². The zero-order chi connectivity index (χ0) is 41.6. The molecule has 8 atom stereocenters. The van der Waals surface area contributed by atoms with E-state index in [0.29, 0.717) is 15.8 Å². The van der Waals surface area contributed by atoms with Crippen LogP contribution in [0.4, 0.5) is 11.6 Å². The Morgan fingerprint density at radius 3 is 2.64 bits per heavy atom. The Labute approximate surface area is 328 Å². The van der Waals surface area contributed by atoms with Gasteiger partial charge in [0.2, 0.25) is 5.72 Å². The molecule has 5 aromatic rings. The first kappa shape index (κ1) is 41.3. The van der Waals surface area contributed by atoms with Gasteiger partial charge in [-0.15, -0.1) is 11.3 Å². The molecule has 25 nitrogen and oxygen atoms in total. The number of aliphatic hydroxyl groups is 1. The molecule has 2 unspecified atom stereocenters. The molecule has 0 amide bonds. The smallest absolute Gasteiger partial charge is 0.453 e. The van der Waals surface area contributed by atoms with Crippen LogP contribution in [0, 0.1) is 11.3 Å². The van der Waals surface area contributed by atoms with Crippen LogP contribution in [0.1, 0.15) is 23.2 Å². The van der Waals surface area contributed by atoms with Crippen LogP contribution in [0.3, 0.4) is 0 Å². The average Bonchev–Trinajstić information content (AvgIpc) is 3.95. The number of fused-ring (bicyclic) bond motifs is 2. The molecular formula is C30H33N11O14P2S. The fourth-order valence-corrected chi connectivity index (χ4v) is 8.48. The summed E-state index contributed by atoms with van der Waals surface area (Å²) in [5.41, 5.74) is 15.9. The third-order valence-corrected chi connectivity index (χ3v) is 11.5. The molecule has 0 spiro atoms. The molecule has 4 aromatic heterocycles. The minimum absolute atomic E-state index is 0.0195. The van der Waals surface area contributed by atoms with Gasteiger partial charge in [-0.05, 0) is 30.2 Å². The average molecular weight is 866 g/mol. The fraction of sp³-hybridized carbons (Fsp3) is 0.400. The largest absolute Gasteiger partial charge is 0.472 e. The zero-order valence-corrected chi connectivity index (χ0v) is 32.1. The van der Waals surface area contributed by atoms with Crippen molar-refractivity contribution in [2.45, 2.75) is 55.3 Å². The fourth-order valence-electron chi connectivity index (χ4n) is 6.36. The van der Waals surface area contributed by atoms with Gasteiger partial charge in [0.1, 0.15) is 54.3 Å². The number of nitrogens with zero attached hydrogens (tertiary/aromatic N) is 8. The van der Waals surface area contributed by atoms with Crippen molar-refractivity contribution in [3.05, 3.63) is 64.2 Å². The summed E-state index contributed by atoms with van der Waals surface area (Å²) in [4.78, 5) is 75.4.